The quantitative estimate of drug-likeness (QED) is 0.675. The van der Waals surface area contributed by atoms with Crippen molar-refractivity contribution in [2.45, 2.75) is 20.4 Å². The molecule has 2 heterocycles. The lowest BCUT2D eigenvalue weighted by molar-refractivity contribution is -0.921. The normalized spacial score (nSPS) is 15.9. The van der Waals surface area contributed by atoms with Crippen molar-refractivity contribution in [1.82, 2.24) is 9.78 Å². The van der Waals surface area contributed by atoms with Crippen molar-refractivity contribution in [2.75, 3.05) is 26.3 Å². The van der Waals surface area contributed by atoms with E-state index in [4.69, 9.17) is 4.74 Å². The van der Waals surface area contributed by atoms with Crippen molar-refractivity contribution >= 4 is 0 Å². The van der Waals surface area contributed by atoms with E-state index in [-0.39, 0.29) is 6.54 Å². The lowest BCUT2D eigenvalue weighted by atomic mass is 10.1. The summed E-state index contributed by atoms with van der Waals surface area (Å²) in [5, 5.41) is 3.91. The van der Waals surface area contributed by atoms with Gasteiger partial charge in [0.1, 0.15) is 25.3 Å². The fourth-order valence-corrected chi connectivity index (χ4v) is 2.95. The molecule has 1 fully saturated rings. The Morgan fingerprint density at radius 3 is 2.12 bits per heavy atom. The second kappa shape index (κ2) is 6.52. The Labute approximate surface area is 136 Å². The van der Waals surface area contributed by atoms with Crippen LogP contribution in [0.2, 0.25) is 0 Å². The Morgan fingerprint density at radius 1 is 1.04 bits per heavy atom. The number of nitrogens with one attached hydrogen (secondary N) is 1. The van der Waals surface area contributed by atoms with E-state index < -0.39 is 34.5 Å². The SMILES string of the molecule is Cc1cc(C)n(-c2c(F)c(F)c(C[NH+]3CCOCC3)c(F)c2F)n1. The molecule has 8 heteroatoms. The molecule has 2 aromatic rings. The lowest BCUT2D eigenvalue weighted by Crippen LogP contribution is -3.12. The summed E-state index contributed by atoms with van der Waals surface area (Å²) in [6, 6.07) is 1.57. The third-order valence-corrected chi connectivity index (χ3v) is 4.18. The number of rotatable bonds is 3. The molecule has 0 atom stereocenters. The Balaban J connectivity index is 2.06. The first-order valence-electron chi connectivity index (χ1n) is 7.70. The predicted molar refractivity (Wildman–Crippen MR) is 78.1 cm³/mol. The summed E-state index contributed by atoms with van der Waals surface area (Å²) in [5.74, 6) is -5.59. The third-order valence-electron chi connectivity index (χ3n) is 4.18. The van der Waals surface area contributed by atoms with E-state index in [1.54, 1.807) is 19.9 Å². The van der Waals surface area contributed by atoms with Gasteiger partial charge in [-0.2, -0.15) is 5.10 Å². The number of ether oxygens (including phenoxy) is 1. The van der Waals surface area contributed by atoms with Crippen LogP contribution in [-0.4, -0.2) is 36.1 Å². The maximum atomic E-state index is 14.5. The van der Waals surface area contributed by atoms with E-state index in [1.807, 2.05) is 0 Å². The molecule has 0 bridgehead atoms. The third kappa shape index (κ3) is 2.91. The van der Waals surface area contributed by atoms with Crippen LogP contribution in [0.4, 0.5) is 17.6 Å². The molecule has 3 rings (SSSR count). The summed E-state index contributed by atoms with van der Waals surface area (Å²) < 4.78 is 63.8. The van der Waals surface area contributed by atoms with E-state index in [0.29, 0.717) is 37.7 Å². The van der Waals surface area contributed by atoms with Gasteiger partial charge in [-0.15, -0.1) is 0 Å². The fourth-order valence-electron chi connectivity index (χ4n) is 2.95. The molecule has 1 aliphatic rings. The van der Waals surface area contributed by atoms with Crippen molar-refractivity contribution in [1.29, 1.82) is 0 Å². The highest BCUT2D eigenvalue weighted by atomic mass is 19.2. The molecule has 0 spiro atoms. The van der Waals surface area contributed by atoms with Gasteiger partial charge in [0.15, 0.2) is 23.3 Å². The van der Waals surface area contributed by atoms with Gasteiger partial charge in [-0.1, -0.05) is 0 Å². The van der Waals surface area contributed by atoms with Crippen LogP contribution in [0.3, 0.4) is 0 Å². The monoisotopic (exact) mass is 344 g/mol. The highest BCUT2D eigenvalue weighted by Gasteiger charge is 2.30. The molecular formula is C16H18F4N3O+. The summed E-state index contributed by atoms with van der Waals surface area (Å²) in [4.78, 5) is 0.816. The molecule has 0 amide bonds. The van der Waals surface area contributed by atoms with Crippen molar-refractivity contribution < 1.29 is 27.2 Å². The molecule has 1 aromatic carbocycles. The van der Waals surface area contributed by atoms with E-state index in [0.717, 1.165) is 9.58 Å². The van der Waals surface area contributed by atoms with Crippen LogP contribution in [0.25, 0.3) is 5.69 Å². The minimum Gasteiger partial charge on any atom is -0.370 e. The van der Waals surface area contributed by atoms with Crippen LogP contribution in [0.15, 0.2) is 6.07 Å². The molecule has 0 unspecified atom stereocenters. The zero-order valence-electron chi connectivity index (χ0n) is 13.4. The molecule has 0 radical (unpaired) electrons. The van der Waals surface area contributed by atoms with Crippen LogP contribution in [0.1, 0.15) is 17.0 Å². The predicted octanol–water partition coefficient (Wildman–Crippen LogP) is 1.46. The molecule has 0 saturated carbocycles. The maximum Gasteiger partial charge on any atom is 0.188 e. The Kier molecular flexibility index (Phi) is 4.60. The number of aryl methyl sites for hydroxylation is 2. The van der Waals surface area contributed by atoms with Crippen LogP contribution in [0, 0.1) is 37.1 Å². The minimum atomic E-state index is -1.43. The van der Waals surface area contributed by atoms with Crippen LogP contribution < -0.4 is 4.90 Å². The van der Waals surface area contributed by atoms with Gasteiger partial charge in [-0.05, 0) is 19.9 Å². The second-order valence-corrected chi connectivity index (χ2v) is 5.96. The number of aromatic nitrogens is 2. The number of halogens is 4. The number of hydrogen-bond donors (Lipinski definition) is 1. The zero-order chi connectivity index (χ0) is 17.4. The molecule has 130 valence electrons. The van der Waals surface area contributed by atoms with E-state index in [1.165, 1.54) is 0 Å². The van der Waals surface area contributed by atoms with E-state index >= 15 is 0 Å². The topological polar surface area (TPSA) is 31.5 Å². The number of quaternary nitrogens is 1. The first-order chi connectivity index (χ1) is 11.4. The molecule has 1 aromatic heterocycles. The number of benzene rings is 1. The Hall–Kier alpha value is -1.93. The van der Waals surface area contributed by atoms with Gasteiger partial charge in [-0.3, -0.25) is 0 Å². The zero-order valence-corrected chi connectivity index (χ0v) is 13.4. The van der Waals surface area contributed by atoms with Gasteiger partial charge in [0.05, 0.1) is 24.5 Å². The molecule has 0 aliphatic carbocycles. The standard InChI is InChI=1S/C16H17F4N3O/c1-9-7-10(2)23(21-9)16-14(19)12(17)11(13(18)15(16)20)8-22-3-5-24-6-4-22/h7H,3-6,8H2,1-2H3/p+1. The van der Waals surface area contributed by atoms with Gasteiger partial charge in [0.2, 0.25) is 0 Å². The summed E-state index contributed by atoms with van der Waals surface area (Å²) in [6.45, 7) is 5.01. The van der Waals surface area contributed by atoms with Gasteiger partial charge >= 0.3 is 0 Å². The van der Waals surface area contributed by atoms with Crippen molar-refractivity contribution in [3.8, 4) is 5.69 Å². The number of morpholine rings is 1. The van der Waals surface area contributed by atoms with Crippen LogP contribution >= 0.6 is 0 Å². The first kappa shape index (κ1) is 16.9. The van der Waals surface area contributed by atoms with Crippen LogP contribution in [0.5, 0.6) is 0 Å². The van der Waals surface area contributed by atoms with E-state index in [9.17, 15) is 17.6 Å². The van der Waals surface area contributed by atoms with Crippen molar-refractivity contribution in [2.24, 2.45) is 0 Å². The molecular weight excluding hydrogens is 326 g/mol. The molecule has 4 nitrogen and oxygen atoms in total. The summed E-state index contributed by atoms with van der Waals surface area (Å²) in [6.07, 6.45) is 0. The number of hydrogen-bond acceptors (Lipinski definition) is 2. The maximum absolute atomic E-state index is 14.5. The van der Waals surface area contributed by atoms with Gasteiger partial charge in [-0.25, -0.2) is 22.2 Å². The van der Waals surface area contributed by atoms with Crippen LogP contribution in [-0.2, 0) is 11.3 Å². The Bertz CT molecular complexity index is 740. The van der Waals surface area contributed by atoms with Gasteiger partial charge in [0.25, 0.3) is 0 Å². The van der Waals surface area contributed by atoms with Crippen molar-refractivity contribution in [3.63, 3.8) is 0 Å². The summed E-state index contributed by atoms with van der Waals surface area (Å²) >= 11 is 0. The Morgan fingerprint density at radius 2 is 1.62 bits per heavy atom. The summed E-state index contributed by atoms with van der Waals surface area (Å²) in [7, 11) is 0. The fraction of sp³-hybridized carbons (Fsp3) is 0.438. The van der Waals surface area contributed by atoms with Crippen molar-refractivity contribution in [3.05, 3.63) is 46.3 Å². The average Bonchev–Trinajstić information content (AvgIpc) is 2.89. The highest BCUT2D eigenvalue weighted by Crippen LogP contribution is 2.27. The smallest absolute Gasteiger partial charge is 0.188 e. The summed E-state index contributed by atoms with van der Waals surface area (Å²) in [5.41, 5.74) is -0.520. The highest BCUT2D eigenvalue weighted by molar-refractivity contribution is 5.41. The first-order valence-corrected chi connectivity index (χ1v) is 7.70. The van der Waals surface area contributed by atoms with Gasteiger partial charge < -0.3 is 9.64 Å². The van der Waals surface area contributed by atoms with Gasteiger partial charge in [0, 0.05) is 5.69 Å². The average molecular weight is 344 g/mol. The molecule has 1 N–H and O–H groups in total. The molecule has 1 saturated heterocycles. The number of nitrogens with zero attached hydrogens (tertiary/aromatic N) is 2. The lowest BCUT2D eigenvalue weighted by Gasteiger charge is -2.24. The minimum absolute atomic E-state index is 0.133. The second-order valence-electron chi connectivity index (χ2n) is 5.96. The largest absolute Gasteiger partial charge is 0.370 e. The molecule has 24 heavy (non-hydrogen) atoms. The molecule has 1 aliphatic heterocycles. The van der Waals surface area contributed by atoms with E-state index in [2.05, 4.69) is 5.10 Å².